The molecule has 1 aromatic rings. The van der Waals surface area contributed by atoms with E-state index in [9.17, 15) is 9.90 Å². The number of rotatable bonds is 16. The molecule has 0 radical (unpaired) electrons. The maximum atomic E-state index is 11.4. The van der Waals surface area contributed by atoms with E-state index in [1.807, 2.05) is 20.8 Å². The van der Waals surface area contributed by atoms with E-state index in [1.54, 1.807) is 0 Å². The van der Waals surface area contributed by atoms with Crippen LogP contribution in [0.3, 0.4) is 0 Å². The minimum Gasteiger partial charge on any atom is -0.487 e. The standard InChI is InChI=1S/C35H58O5/c1-23(2)13-10-14-24(3)15-11-16-25(4)17-12-19-35(9)29(18-20-34(8)22-38-34)21-30-28(7)31(39-33(36)37)26(5)27(6)32(30)40-35/h23-25,29H,10-22H2,1-9H3,(H,36,37). The Bertz CT molecular complexity index is 994. The molecule has 2 heterocycles. The van der Waals surface area contributed by atoms with Crippen molar-refractivity contribution in [3.05, 3.63) is 22.3 Å². The van der Waals surface area contributed by atoms with E-state index >= 15 is 0 Å². The van der Waals surface area contributed by atoms with Gasteiger partial charge in [0.15, 0.2) is 0 Å². The summed E-state index contributed by atoms with van der Waals surface area (Å²) in [6.45, 7) is 20.8. The molecule has 2 aliphatic rings. The van der Waals surface area contributed by atoms with Crippen molar-refractivity contribution in [1.29, 1.82) is 0 Å². The smallest absolute Gasteiger partial charge is 0.487 e. The molecule has 0 aromatic heterocycles. The summed E-state index contributed by atoms with van der Waals surface area (Å²) in [6, 6.07) is 0. The van der Waals surface area contributed by atoms with Crippen LogP contribution in [0.1, 0.15) is 134 Å². The van der Waals surface area contributed by atoms with Crippen LogP contribution in [0.4, 0.5) is 4.79 Å². The van der Waals surface area contributed by atoms with Crippen LogP contribution in [0.15, 0.2) is 0 Å². The first kappa shape index (κ1) is 32.8. The van der Waals surface area contributed by atoms with E-state index < -0.39 is 6.16 Å². The summed E-state index contributed by atoms with van der Waals surface area (Å²) in [4.78, 5) is 11.4. The molecular formula is C35H58O5. The van der Waals surface area contributed by atoms with E-state index in [2.05, 4.69) is 41.5 Å². The summed E-state index contributed by atoms with van der Waals surface area (Å²) in [5.41, 5.74) is 3.62. The number of epoxide rings is 1. The van der Waals surface area contributed by atoms with Crippen LogP contribution in [0.2, 0.25) is 0 Å². The van der Waals surface area contributed by atoms with Crippen molar-refractivity contribution < 1.29 is 24.1 Å². The highest BCUT2D eigenvalue weighted by Gasteiger charge is 2.45. The molecule has 5 atom stereocenters. The van der Waals surface area contributed by atoms with Crippen LogP contribution in [-0.4, -0.2) is 29.1 Å². The molecule has 1 fully saturated rings. The number of carbonyl (C=O) groups is 1. The largest absolute Gasteiger partial charge is 0.511 e. The monoisotopic (exact) mass is 558 g/mol. The first-order valence-electron chi connectivity index (χ1n) is 16.1. The molecule has 3 rings (SSSR count). The maximum absolute atomic E-state index is 11.4. The van der Waals surface area contributed by atoms with E-state index in [-0.39, 0.29) is 11.2 Å². The average molecular weight is 559 g/mol. The van der Waals surface area contributed by atoms with Crippen LogP contribution < -0.4 is 9.47 Å². The van der Waals surface area contributed by atoms with Gasteiger partial charge in [0.25, 0.3) is 0 Å². The first-order valence-corrected chi connectivity index (χ1v) is 16.1. The summed E-state index contributed by atoms with van der Waals surface area (Å²) in [6.07, 6.45) is 13.2. The highest BCUT2D eigenvalue weighted by atomic mass is 16.7. The van der Waals surface area contributed by atoms with Crippen LogP contribution in [0.25, 0.3) is 0 Å². The molecule has 0 aliphatic carbocycles. The van der Waals surface area contributed by atoms with Gasteiger partial charge in [0, 0.05) is 11.5 Å². The summed E-state index contributed by atoms with van der Waals surface area (Å²) in [5.74, 6) is 4.16. The Morgan fingerprint density at radius 1 is 0.900 bits per heavy atom. The molecule has 1 N–H and O–H groups in total. The Kier molecular flexibility index (Phi) is 11.4. The lowest BCUT2D eigenvalue weighted by atomic mass is 9.73. The minimum absolute atomic E-state index is 0.0114. The fourth-order valence-corrected chi connectivity index (χ4v) is 6.75. The van der Waals surface area contributed by atoms with Gasteiger partial charge in [-0.15, -0.1) is 0 Å². The van der Waals surface area contributed by atoms with Crippen LogP contribution in [-0.2, 0) is 11.2 Å². The zero-order valence-corrected chi connectivity index (χ0v) is 27.1. The lowest BCUT2D eigenvalue weighted by Crippen LogP contribution is -2.46. The van der Waals surface area contributed by atoms with Gasteiger partial charge in [0.2, 0.25) is 0 Å². The number of ether oxygens (including phenoxy) is 3. The molecule has 40 heavy (non-hydrogen) atoms. The molecule has 5 heteroatoms. The molecular weight excluding hydrogens is 500 g/mol. The predicted molar refractivity (Wildman–Crippen MR) is 164 cm³/mol. The molecule has 2 aliphatic heterocycles. The Labute approximate surface area is 244 Å². The normalized spacial score (nSPS) is 25.3. The highest BCUT2D eigenvalue weighted by Crippen LogP contribution is 2.49. The molecule has 5 unspecified atom stereocenters. The summed E-state index contributed by atoms with van der Waals surface area (Å²) < 4.78 is 17.9. The third-order valence-electron chi connectivity index (χ3n) is 10.1. The highest BCUT2D eigenvalue weighted by molar-refractivity contribution is 5.67. The van der Waals surface area contributed by atoms with Gasteiger partial charge in [0.05, 0.1) is 12.2 Å². The van der Waals surface area contributed by atoms with Crippen molar-refractivity contribution in [3.63, 3.8) is 0 Å². The summed E-state index contributed by atoms with van der Waals surface area (Å²) >= 11 is 0. The van der Waals surface area contributed by atoms with E-state index in [1.165, 1.54) is 51.4 Å². The number of benzene rings is 1. The first-order chi connectivity index (χ1) is 18.7. The van der Waals surface area contributed by atoms with Crippen LogP contribution in [0.5, 0.6) is 11.5 Å². The molecule has 0 amide bonds. The Hall–Kier alpha value is -1.75. The van der Waals surface area contributed by atoms with Gasteiger partial charge < -0.3 is 19.3 Å². The van der Waals surface area contributed by atoms with Gasteiger partial charge in [-0.2, -0.15) is 0 Å². The fraction of sp³-hybridized carbons (Fsp3) is 0.800. The van der Waals surface area contributed by atoms with Crippen LogP contribution in [0, 0.1) is 44.4 Å². The van der Waals surface area contributed by atoms with Gasteiger partial charge in [-0.3, -0.25) is 0 Å². The van der Waals surface area contributed by atoms with Crippen molar-refractivity contribution in [2.75, 3.05) is 6.61 Å². The van der Waals surface area contributed by atoms with Gasteiger partial charge in [-0.25, -0.2) is 4.79 Å². The third kappa shape index (κ3) is 8.87. The van der Waals surface area contributed by atoms with Crippen molar-refractivity contribution in [1.82, 2.24) is 0 Å². The van der Waals surface area contributed by atoms with Crippen molar-refractivity contribution >= 4 is 6.16 Å². The SMILES string of the molecule is Cc1c(C)c2c(c(C)c1OC(=O)O)CC(CCC1(C)CO1)C(C)(CCCC(C)CCCC(C)CCCC(C)C)O2. The van der Waals surface area contributed by atoms with E-state index in [0.717, 1.165) is 78.0 Å². The molecule has 1 saturated heterocycles. The molecule has 0 saturated carbocycles. The van der Waals surface area contributed by atoms with Gasteiger partial charge >= 0.3 is 6.16 Å². The molecule has 0 bridgehead atoms. The predicted octanol–water partition coefficient (Wildman–Crippen LogP) is 9.99. The molecule has 1 aromatic carbocycles. The summed E-state index contributed by atoms with van der Waals surface area (Å²) in [5, 5.41) is 9.33. The minimum atomic E-state index is -1.27. The van der Waals surface area contributed by atoms with Gasteiger partial charge in [-0.1, -0.05) is 72.6 Å². The maximum Gasteiger partial charge on any atom is 0.511 e. The van der Waals surface area contributed by atoms with E-state index in [4.69, 9.17) is 14.2 Å². The average Bonchev–Trinajstić information content (AvgIpc) is 3.61. The van der Waals surface area contributed by atoms with Crippen LogP contribution >= 0.6 is 0 Å². The Morgan fingerprint density at radius 2 is 1.48 bits per heavy atom. The number of fused-ring (bicyclic) bond motifs is 1. The third-order valence-corrected chi connectivity index (χ3v) is 10.1. The van der Waals surface area contributed by atoms with Gasteiger partial charge in [-0.05, 0) is 101 Å². The molecule has 0 spiro atoms. The Balaban J connectivity index is 1.63. The zero-order chi connectivity index (χ0) is 29.7. The lowest BCUT2D eigenvalue weighted by molar-refractivity contribution is -0.00868. The molecule has 228 valence electrons. The number of hydrogen-bond donors (Lipinski definition) is 1. The second kappa shape index (κ2) is 13.9. The van der Waals surface area contributed by atoms with Crippen molar-refractivity contribution in [2.45, 2.75) is 151 Å². The molecule has 5 nitrogen and oxygen atoms in total. The zero-order valence-electron chi connectivity index (χ0n) is 27.1. The second-order valence-electron chi connectivity index (χ2n) is 14.3. The fourth-order valence-electron chi connectivity index (χ4n) is 6.75. The Morgan fingerprint density at radius 3 is 2.02 bits per heavy atom. The summed E-state index contributed by atoms with van der Waals surface area (Å²) in [7, 11) is 0. The second-order valence-corrected chi connectivity index (χ2v) is 14.3. The van der Waals surface area contributed by atoms with Crippen molar-refractivity contribution in [2.24, 2.45) is 23.7 Å². The van der Waals surface area contributed by atoms with Gasteiger partial charge in [0.1, 0.15) is 17.1 Å². The number of hydrogen-bond acceptors (Lipinski definition) is 4. The quantitative estimate of drug-likeness (QED) is 0.124. The van der Waals surface area contributed by atoms with E-state index in [0.29, 0.717) is 11.7 Å². The topological polar surface area (TPSA) is 68.3 Å². The number of carboxylic acid groups (broad SMARTS) is 1. The van der Waals surface area contributed by atoms with Crippen molar-refractivity contribution in [3.8, 4) is 11.5 Å². The lowest BCUT2D eigenvalue weighted by Gasteiger charge is -2.45.